The molecule has 0 radical (unpaired) electrons. The van der Waals surface area contributed by atoms with Crippen molar-refractivity contribution in [2.24, 2.45) is 5.73 Å². The molecule has 98 valence electrons. The summed E-state index contributed by atoms with van der Waals surface area (Å²) in [5.74, 6) is -0.0673. The fourth-order valence-corrected chi connectivity index (χ4v) is 2.09. The number of rotatable bonds is 4. The van der Waals surface area contributed by atoms with Crippen LogP contribution in [0.1, 0.15) is 31.4 Å². The Labute approximate surface area is 107 Å². The van der Waals surface area contributed by atoms with Gasteiger partial charge in [-0.3, -0.25) is 9.78 Å². The van der Waals surface area contributed by atoms with Gasteiger partial charge in [-0.2, -0.15) is 0 Å². The van der Waals surface area contributed by atoms with Crippen LogP contribution in [0.5, 0.6) is 0 Å². The van der Waals surface area contributed by atoms with Gasteiger partial charge < -0.3 is 15.8 Å². The topological polar surface area (TPSA) is 77.2 Å². The second-order valence-corrected chi connectivity index (χ2v) is 4.58. The highest BCUT2D eigenvalue weighted by Crippen LogP contribution is 2.20. The van der Waals surface area contributed by atoms with E-state index in [0.29, 0.717) is 6.54 Å². The summed E-state index contributed by atoms with van der Waals surface area (Å²) in [5, 5.41) is 2.94. The van der Waals surface area contributed by atoms with Crippen LogP contribution in [-0.2, 0) is 9.53 Å². The van der Waals surface area contributed by atoms with E-state index >= 15 is 0 Å². The van der Waals surface area contributed by atoms with Crippen molar-refractivity contribution >= 4 is 5.91 Å². The minimum Gasteiger partial charge on any atom is -0.364 e. The zero-order valence-corrected chi connectivity index (χ0v) is 10.5. The summed E-state index contributed by atoms with van der Waals surface area (Å²) in [4.78, 5) is 16.0. The van der Waals surface area contributed by atoms with E-state index in [1.54, 1.807) is 12.4 Å². The van der Waals surface area contributed by atoms with E-state index in [-0.39, 0.29) is 24.2 Å². The highest BCUT2D eigenvalue weighted by atomic mass is 16.5. The molecule has 5 heteroatoms. The first-order chi connectivity index (χ1) is 8.70. The van der Waals surface area contributed by atoms with E-state index in [4.69, 9.17) is 10.5 Å². The summed E-state index contributed by atoms with van der Waals surface area (Å²) in [6.07, 6.45) is 4.73. The number of carbonyl (C=O) groups is 1. The molecule has 0 spiro atoms. The Bertz CT molecular complexity index is 396. The van der Waals surface area contributed by atoms with Crippen molar-refractivity contribution in [3.8, 4) is 0 Å². The zero-order valence-electron chi connectivity index (χ0n) is 10.5. The maximum Gasteiger partial charge on any atom is 0.249 e. The van der Waals surface area contributed by atoms with Gasteiger partial charge in [-0.05, 0) is 31.4 Å². The van der Waals surface area contributed by atoms with Crippen molar-refractivity contribution in [3.63, 3.8) is 0 Å². The first-order valence-electron chi connectivity index (χ1n) is 6.26. The van der Waals surface area contributed by atoms with Crippen molar-refractivity contribution in [1.29, 1.82) is 0 Å². The molecule has 0 aromatic carbocycles. The van der Waals surface area contributed by atoms with Crippen LogP contribution in [0.3, 0.4) is 0 Å². The number of hydrogen-bond acceptors (Lipinski definition) is 4. The minimum absolute atomic E-state index is 0.0226. The maximum atomic E-state index is 12.0. The molecule has 1 unspecified atom stereocenters. The predicted octanol–water partition coefficient (Wildman–Crippen LogP) is 0.765. The van der Waals surface area contributed by atoms with Crippen LogP contribution >= 0.6 is 0 Å². The third-order valence-electron chi connectivity index (χ3n) is 3.21. The number of nitrogens with two attached hydrogens (primary N) is 1. The molecule has 2 rings (SSSR count). The average molecular weight is 249 g/mol. The van der Waals surface area contributed by atoms with E-state index in [9.17, 15) is 4.79 Å². The van der Waals surface area contributed by atoms with Gasteiger partial charge in [0.25, 0.3) is 0 Å². The minimum atomic E-state index is -0.363. The second kappa shape index (κ2) is 5.93. The SMILES string of the molecule is CC(NC(=O)[C@@H]1CC[C@H](CN)O1)c1cccnc1. The summed E-state index contributed by atoms with van der Waals surface area (Å²) in [6, 6.07) is 3.73. The third-order valence-corrected chi connectivity index (χ3v) is 3.21. The Morgan fingerprint density at radius 2 is 2.50 bits per heavy atom. The van der Waals surface area contributed by atoms with Gasteiger partial charge in [-0.15, -0.1) is 0 Å². The van der Waals surface area contributed by atoms with Gasteiger partial charge >= 0.3 is 0 Å². The number of carbonyl (C=O) groups excluding carboxylic acids is 1. The van der Waals surface area contributed by atoms with Crippen LogP contribution in [0.25, 0.3) is 0 Å². The zero-order chi connectivity index (χ0) is 13.0. The lowest BCUT2D eigenvalue weighted by Crippen LogP contribution is -2.37. The lowest BCUT2D eigenvalue weighted by Gasteiger charge is -2.17. The molecule has 1 fully saturated rings. The first kappa shape index (κ1) is 13.0. The van der Waals surface area contributed by atoms with Crippen LogP contribution in [0.2, 0.25) is 0 Å². The van der Waals surface area contributed by atoms with E-state index < -0.39 is 0 Å². The predicted molar refractivity (Wildman–Crippen MR) is 67.7 cm³/mol. The van der Waals surface area contributed by atoms with E-state index in [0.717, 1.165) is 18.4 Å². The quantitative estimate of drug-likeness (QED) is 0.826. The number of aromatic nitrogens is 1. The van der Waals surface area contributed by atoms with Crippen LogP contribution in [0.4, 0.5) is 0 Å². The van der Waals surface area contributed by atoms with Crippen molar-refractivity contribution in [3.05, 3.63) is 30.1 Å². The molecule has 5 nitrogen and oxygen atoms in total. The van der Waals surface area contributed by atoms with Gasteiger partial charge in [0.1, 0.15) is 6.10 Å². The van der Waals surface area contributed by atoms with Gasteiger partial charge in [-0.1, -0.05) is 6.07 Å². The standard InChI is InChI=1S/C13H19N3O2/c1-9(10-3-2-6-15-8-10)16-13(17)12-5-4-11(7-14)18-12/h2-3,6,8-9,11-12H,4-5,7,14H2,1H3,(H,16,17)/t9?,11-,12+/m1/s1. The molecule has 18 heavy (non-hydrogen) atoms. The average Bonchev–Trinajstić information content (AvgIpc) is 2.88. The monoisotopic (exact) mass is 249 g/mol. The largest absolute Gasteiger partial charge is 0.364 e. The molecule has 1 aliphatic heterocycles. The molecule has 3 atom stereocenters. The van der Waals surface area contributed by atoms with Crippen LogP contribution < -0.4 is 11.1 Å². The third kappa shape index (κ3) is 3.05. The molecule has 1 amide bonds. The number of nitrogens with zero attached hydrogens (tertiary/aromatic N) is 1. The fourth-order valence-electron chi connectivity index (χ4n) is 2.09. The van der Waals surface area contributed by atoms with Gasteiger partial charge in [0.15, 0.2) is 0 Å². The number of nitrogens with one attached hydrogen (secondary N) is 1. The number of hydrogen-bond donors (Lipinski definition) is 2. The summed E-state index contributed by atoms with van der Waals surface area (Å²) in [7, 11) is 0. The molecule has 1 aromatic heterocycles. The molecule has 2 heterocycles. The van der Waals surface area contributed by atoms with Crippen molar-refractivity contribution in [2.45, 2.75) is 38.0 Å². The number of ether oxygens (including phenoxy) is 1. The lowest BCUT2D eigenvalue weighted by atomic mass is 10.1. The van der Waals surface area contributed by atoms with E-state index in [1.165, 1.54) is 0 Å². The normalized spacial score (nSPS) is 24.8. The van der Waals surface area contributed by atoms with E-state index in [2.05, 4.69) is 10.3 Å². The molecular weight excluding hydrogens is 230 g/mol. The van der Waals surface area contributed by atoms with Crippen molar-refractivity contribution in [1.82, 2.24) is 10.3 Å². The number of amides is 1. The Morgan fingerprint density at radius 3 is 3.11 bits per heavy atom. The molecule has 0 saturated carbocycles. The van der Waals surface area contributed by atoms with Crippen LogP contribution in [0.15, 0.2) is 24.5 Å². The van der Waals surface area contributed by atoms with Gasteiger partial charge in [0.2, 0.25) is 5.91 Å². The molecular formula is C13H19N3O2. The highest BCUT2D eigenvalue weighted by Gasteiger charge is 2.30. The van der Waals surface area contributed by atoms with Gasteiger partial charge in [-0.25, -0.2) is 0 Å². The molecule has 3 N–H and O–H groups in total. The lowest BCUT2D eigenvalue weighted by molar-refractivity contribution is -0.132. The van der Waals surface area contributed by atoms with Crippen LogP contribution in [-0.4, -0.2) is 29.6 Å². The molecule has 0 aliphatic carbocycles. The fraction of sp³-hybridized carbons (Fsp3) is 0.538. The number of pyridine rings is 1. The summed E-state index contributed by atoms with van der Waals surface area (Å²) in [6.45, 7) is 2.41. The second-order valence-electron chi connectivity index (χ2n) is 4.58. The van der Waals surface area contributed by atoms with Crippen molar-refractivity contribution in [2.75, 3.05) is 6.54 Å². The van der Waals surface area contributed by atoms with Gasteiger partial charge in [0.05, 0.1) is 12.1 Å². The smallest absolute Gasteiger partial charge is 0.249 e. The first-order valence-corrected chi connectivity index (χ1v) is 6.26. The Balaban J connectivity index is 1.88. The van der Waals surface area contributed by atoms with E-state index in [1.807, 2.05) is 19.1 Å². The van der Waals surface area contributed by atoms with Gasteiger partial charge in [0, 0.05) is 18.9 Å². The van der Waals surface area contributed by atoms with Crippen molar-refractivity contribution < 1.29 is 9.53 Å². The Morgan fingerprint density at radius 1 is 1.67 bits per heavy atom. The molecule has 1 aromatic rings. The molecule has 1 aliphatic rings. The summed E-state index contributed by atoms with van der Waals surface area (Å²) < 4.78 is 5.56. The Hall–Kier alpha value is -1.46. The highest BCUT2D eigenvalue weighted by molar-refractivity contribution is 5.81. The summed E-state index contributed by atoms with van der Waals surface area (Å²) >= 11 is 0. The molecule has 1 saturated heterocycles. The molecule has 0 bridgehead atoms. The Kier molecular flexibility index (Phi) is 4.28. The van der Waals surface area contributed by atoms with Crippen LogP contribution in [0, 0.1) is 0 Å². The summed E-state index contributed by atoms with van der Waals surface area (Å²) in [5.41, 5.74) is 6.51. The maximum absolute atomic E-state index is 12.0.